The number of carbonyl (C=O) groups excluding carboxylic acids is 2. The molecule has 2 aliphatic heterocycles. The normalized spacial score (nSPS) is 22.4. The summed E-state index contributed by atoms with van der Waals surface area (Å²) in [4.78, 5) is 31.5. The summed E-state index contributed by atoms with van der Waals surface area (Å²) >= 11 is 3.44. The standard InChI is InChI=1S/C22H25BrN4O3/c1-22(16-4-3-5-17(23)14-16)20(28)27(21(29)24-22)15-25-10-12-26(13-11-25)18-6-8-19(30-2)9-7-18/h3-9,14H,10-13,15H2,1-2H3,(H,24,29). The number of imide groups is 1. The summed E-state index contributed by atoms with van der Waals surface area (Å²) in [7, 11) is 1.66. The van der Waals surface area contributed by atoms with Crippen molar-refractivity contribution in [2.45, 2.75) is 12.5 Å². The van der Waals surface area contributed by atoms with Gasteiger partial charge in [0.1, 0.15) is 11.3 Å². The Bertz CT molecular complexity index is 944. The van der Waals surface area contributed by atoms with E-state index in [0.29, 0.717) is 6.67 Å². The van der Waals surface area contributed by atoms with E-state index in [1.165, 1.54) is 4.90 Å². The number of amides is 3. The highest BCUT2D eigenvalue weighted by atomic mass is 79.9. The molecule has 30 heavy (non-hydrogen) atoms. The molecule has 0 saturated carbocycles. The minimum atomic E-state index is -1.05. The van der Waals surface area contributed by atoms with Crippen molar-refractivity contribution in [2.75, 3.05) is 44.9 Å². The Balaban J connectivity index is 1.39. The smallest absolute Gasteiger partial charge is 0.326 e. The third-order valence-corrected chi connectivity index (χ3v) is 6.32. The third-order valence-electron chi connectivity index (χ3n) is 5.83. The molecule has 8 heteroatoms. The number of hydrogen-bond acceptors (Lipinski definition) is 5. The number of halogens is 1. The van der Waals surface area contributed by atoms with Crippen molar-refractivity contribution >= 4 is 33.6 Å². The molecule has 1 unspecified atom stereocenters. The number of methoxy groups -OCH3 is 1. The molecule has 0 spiro atoms. The molecule has 2 fully saturated rings. The molecule has 1 atom stereocenters. The first-order valence-corrected chi connectivity index (χ1v) is 10.7. The number of rotatable bonds is 5. The summed E-state index contributed by atoms with van der Waals surface area (Å²) < 4.78 is 6.09. The number of urea groups is 1. The van der Waals surface area contributed by atoms with E-state index in [4.69, 9.17) is 4.74 Å². The van der Waals surface area contributed by atoms with Gasteiger partial charge in [-0.15, -0.1) is 0 Å². The van der Waals surface area contributed by atoms with Gasteiger partial charge in [0, 0.05) is 36.3 Å². The zero-order chi connectivity index (χ0) is 21.3. The second-order valence-electron chi connectivity index (χ2n) is 7.74. The van der Waals surface area contributed by atoms with E-state index in [0.717, 1.165) is 47.7 Å². The molecule has 4 rings (SSSR count). The van der Waals surface area contributed by atoms with Crippen LogP contribution in [0.1, 0.15) is 12.5 Å². The van der Waals surface area contributed by atoms with Crippen LogP contribution in [0.25, 0.3) is 0 Å². The lowest BCUT2D eigenvalue weighted by Crippen LogP contribution is -2.51. The Labute approximate surface area is 184 Å². The molecule has 1 N–H and O–H groups in total. The number of piperazine rings is 1. The second-order valence-corrected chi connectivity index (χ2v) is 8.66. The zero-order valence-electron chi connectivity index (χ0n) is 17.1. The van der Waals surface area contributed by atoms with E-state index >= 15 is 0 Å². The van der Waals surface area contributed by atoms with Crippen LogP contribution in [0.5, 0.6) is 5.75 Å². The van der Waals surface area contributed by atoms with Gasteiger partial charge in [-0.1, -0.05) is 28.1 Å². The first-order valence-electron chi connectivity index (χ1n) is 9.92. The van der Waals surface area contributed by atoms with Gasteiger partial charge in [0.05, 0.1) is 13.8 Å². The molecular formula is C22H25BrN4O3. The maximum atomic E-state index is 13.1. The predicted molar refractivity (Wildman–Crippen MR) is 119 cm³/mol. The minimum absolute atomic E-state index is 0.219. The van der Waals surface area contributed by atoms with E-state index in [1.807, 2.05) is 36.4 Å². The lowest BCUT2D eigenvalue weighted by molar-refractivity contribution is -0.132. The number of benzene rings is 2. The van der Waals surface area contributed by atoms with Gasteiger partial charge < -0.3 is 15.0 Å². The summed E-state index contributed by atoms with van der Waals surface area (Å²) in [6.07, 6.45) is 0. The van der Waals surface area contributed by atoms with E-state index in [2.05, 4.69) is 43.2 Å². The highest BCUT2D eigenvalue weighted by Gasteiger charge is 2.49. The minimum Gasteiger partial charge on any atom is -0.497 e. The van der Waals surface area contributed by atoms with Crippen molar-refractivity contribution in [1.29, 1.82) is 0 Å². The molecule has 2 heterocycles. The van der Waals surface area contributed by atoms with Gasteiger partial charge in [-0.05, 0) is 48.9 Å². The molecule has 2 saturated heterocycles. The van der Waals surface area contributed by atoms with Crippen LogP contribution in [0.15, 0.2) is 53.0 Å². The van der Waals surface area contributed by atoms with Crippen molar-refractivity contribution in [3.63, 3.8) is 0 Å². The first kappa shape index (κ1) is 20.7. The zero-order valence-corrected chi connectivity index (χ0v) is 18.7. The van der Waals surface area contributed by atoms with E-state index in [-0.39, 0.29) is 11.9 Å². The highest BCUT2D eigenvalue weighted by molar-refractivity contribution is 9.10. The largest absolute Gasteiger partial charge is 0.497 e. The van der Waals surface area contributed by atoms with E-state index in [9.17, 15) is 9.59 Å². The molecule has 158 valence electrons. The fraction of sp³-hybridized carbons (Fsp3) is 0.364. The first-order chi connectivity index (χ1) is 14.4. The topological polar surface area (TPSA) is 65.1 Å². The maximum Gasteiger partial charge on any atom is 0.326 e. The molecule has 2 aliphatic rings. The fourth-order valence-corrected chi connectivity index (χ4v) is 4.36. The molecule has 2 aromatic carbocycles. The molecule has 0 aliphatic carbocycles. The number of nitrogens with zero attached hydrogens (tertiary/aromatic N) is 3. The second kappa shape index (κ2) is 8.28. The number of ether oxygens (including phenoxy) is 1. The lowest BCUT2D eigenvalue weighted by atomic mass is 9.92. The van der Waals surface area contributed by atoms with E-state index < -0.39 is 5.54 Å². The van der Waals surface area contributed by atoms with E-state index in [1.54, 1.807) is 14.0 Å². The van der Waals surface area contributed by atoms with Gasteiger partial charge in [-0.3, -0.25) is 9.69 Å². The Morgan fingerprint density at radius 2 is 1.77 bits per heavy atom. The monoisotopic (exact) mass is 472 g/mol. The van der Waals surface area contributed by atoms with Crippen molar-refractivity contribution in [2.24, 2.45) is 0 Å². The Morgan fingerprint density at radius 1 is 1.07 bits per heavy atom. The van der Waals surface area contributed by atoms with Gasteiger partial charge in [0.2, 0.25) is 0 Å². The Morgan fingerprint density at radius 3 is 2.40 bits per heavy atom. The van der Waals surface area contributed by atoms with Gasteiger partial charge in [-0.25, -0.2) is 9.69 Å². The fourth-order valence-electron chi connectivity index (χ4n) is 3.96. The van der Waals surface area contributed by atoms with Crippen molar-refractivity contribution < 1.29 is 14.3 Å². The van der Waals surface area contributed by atoms with Gasteiger partial charge in [0.25, 0.3) is 5.91 Å². The third kappa shape index (κ3) is 3.89. The molecule has 0 aromatic heterocycles. The maximum absolute atomic E-state index is 13.1. The molecule has 0 radical (unpaired) electrons. The van der Waals surface area contributed by atoms with Gasteiger partial charge in [-0.2, -0.15) is 0 Å². The molecule has 3 amide bonds. The van der Waals surface area contributed by atoms with Gasteiger partial charge in [0.15, 0.2) is 0 Å². The van der Waals surface area contributed by atoms with Gasteiger partial charge >= 0.3 is 6.03 Å². The molecule has 2 aromatic rings. The summed E-state index contributed by atoms with van der Waals surface area (Å²) in [6.45, 7) is 5.27. The van der Waals surface area contributed by atoms with Crippen LogP contribution < -0.4 is 15.0 Å². The molecule has 7 nitrogen and oxygen atoms in total. The average molecular weight is 473 g/mol. The number of anilines is 1. The number of nitrogens with one attached hydrogen (secondary N) is 1. The highest BCUT2D eigenvalue weighted by Crippen LogP contribution is 2.30. The molecule has 0 bridgehead atoms. The quantitative estimate of drug-likeness (QED) is 0.677. The summed E-state index contributed by atoms with van der Waals surface area (Å²) in [5, 5.41) is 2.88. The van der Waals surface area contributed by atoms with Crippen molar-refractivity contribution in [3.8, 4) is 5.75 Å². The predicted octanol–water partition coefficient (Wildman–Crippen LogP) is 3.00. The van der Waals surface area contributed by atoms with Crippen LogP contribution in [-0.4, -0.2) is 61.7 Å². The van der Waals surface area contributed by atoms with Crippen molar-refractivity contribution in [3.05, 3.63) is 58.6 Å². The van der Waals surface area contributed by atoms with Crippen LogP contribution in [0.2, 0.25) is 0 Å². The average Bonchev–Trinajstić information content (AvgIpc) is 2.98. The number of hydrogen-bond donors (Lipinski definition) is 1. The van der Waals surface area contributed by atoms with Crippen LogP contribution in [0.4, 0.5) is 10.5 Å². The Hall–Kier alpha value is -2.58. The SMILES string of the molecule is COc1ccc(N2CCN(CN3C(=O)NC(C)(c4cccc(Br)c4)C3=O)CC2)cc1. The molecular weight excluding hydrogens is 448 g/mol. The lowest BCUT2D eigenvalue weighted by Gasteiger charge is -2.37. The summed E-state index contributed by atoms with van der Waals surface area (Å²) in [5.41, 5.74) is 0.862. The van der Waals surface area contributed by atoms with Crippen LogP contribution in [-0.2, 0) is 10.3 Å². The van der Waals surface area contributed by atoms with Crippen LogP contribution >= 0.6 is 15.9 Å². The summed E-state index contributed by atoms with van der Waals surface area (Å²) in [5.74, 6) is 0.618. The van der Waals surface area contributed by atoms with Crippen LogP contribution in [0.3, 0.4) is 0 Å². The van der Waals surface area contributed by atoms with Crippen molar-refractivity contribution in [1.82, 2.24) is 15.1 Å². The van der Waals surface area contributed by atoms with Crippen LogP contribution in [0, 0.1) is 0 Å². The summed E-state index contributed by atoms with van der Waals surface area (Å²) in [6, 6.07) is 15.2. The Kier molecular flexibility index (Phi) is 5.71. The number of carbonyl (C=O) groups is 2.